The number of rotatable bonds is 0. The molecular weight excluding hydrogens is 192 g/mol. The van der Waals surface area contributed by atoms with Crippen LogP contribution in [0, 0.1) is 22.7 Å². The second-order valence-corrected chi connectivity index (χ2v) is 7.69. The molecule has 2 rings (SSSR count). The fraction of sp³-hybridized carbons (Fsp3) is 1.00. The van der Waals surface area contributed by atoms with Crippen molar-refractivity contribution in [3.63, 3.8) is 0 Å². The van der Waals surface area contributed by atoms with E-state index in [4.69, 9.17) is 0 Å². The predicted octanol–water partition coefficient (Wildman–Crippen LogP) is 5.42. The van der Waals surface area contributed by atoms with Gasteiger partial charge in [-0.1, -0.05) is 53.4 Å². The van der Waals surface area contributed by atoms with Gasteiger partial charge in [0, 0.05) is 0 Å². The highest BCUT2D eigenvalue weighted by atomic mass is 14.5. The van der Waals surface area contributed by atoms with Crippen LogP contribution in [0.4, 0.5) is 0 Å². The van der Waals surface area contributed by atoms with Crippen molar-refractivity contribution >= 4 is 0 Å². The van der Waals surface area contributed by atoms with E-state index in [1.807, 2.05) is 0 Å². The van der Waals surface area contributed by atoms with E-state index in [1.165, 1.54) is 51.4 Å². The zero-order valence-corrected chi connectivity index (χ0v) is 11.8. The van der Waals surface area contributed by atoms with Gasteiger partial charge in [0.15, 0.2) is 0 Å². The summed E-state index contributed by atoms with van der Waals surface area (Å²) < 4.78 is 0. The molecule has 0 radical (unpaired) electrons. The first-order valence-corrected chi connectivity index (χ1v) is 7.42. The highest BCUT2D eigenvalue weighted by Gasteiger charge is 2.41. The fourth-order valence-electron chi connectivity index (χ4n) is 3.93. The largest absolute Gasteiger partial charge is 0.0597 e. The van der Waals surface area contributed by atoms with Crippen molar-refractivity contribution < 1.29 is 0 Å². The van der Waals surface area contributed by atoms with Gasteiger partial charge in [-0.05, 0) is 48.3 Å². The van der Waals surface area contributed by atoms with Gasteiger partial charge < -0.3 is 0 Å². The number of hydrogen-bond acceptors (Lipinski definition) is 0. The lowest BCUT2D eigenvalue weighted by Crippen LogP contribution is -2.32. The molecule has 0 aromatic rings. The van der Waals surface area contributed by atoms with Crippen LogP contribution in [0.2, 0.25) is 0 Å². The van der Waals surface area contributed by atoms with Crippen molar-refractivity contribution in [2.75, 3.05) is 0 Å². The summed E-state index contributed by atoms with van der Waals surface area (Å²) in [5.41, 5.74) is 1.07. The molecule has 0 aromatic carbocycles. The predicted molar refractivity (Wildman–Crippen MR) is 71.5 cm³/mol. The maximum Gasteiger partial charge on any atom is -0.0277 e. The molecule has 2 aliphatic rings. The highest BCUT2D eigenvalue weighted by molar-refractivity contribution is 4.92. The Morgan fingerprint density at radius 1 is 0.812 bits per heavy atom. The van der Waals surface area contributed by atoms with Gasteiger partial charge in [-0.15, -0.1) is 0 Å². The van der Waals surface area contributed by atoms with E-state index in [9.17, 15) is 0 Å². The van der Waals surface area contributed by atoms with Gasteiger partial charge in [0.1, 0.15) is 0 Å². The third-order valence-electron chi connectivity index (χ3n) is 6.01. The van der Waals surface area contributed by atoms with Crippen LogP contribution in [-0.2, 0) is 0 Å². The van der Waals surface area contributed by atoms with Gasteiger partial charge in [0.05, 0.1) is 0 Å². The molecular formula is C16H30. The molecule has 2 aliphatic carbocycles. The molecule has 2 atom stereocenters. The van der Waals surface area contributed by atoms with Crippen LogP contribution < -0.4 is 0 Å². The summed E-state index contributed by atoms with van der Waals surface area (Å²) in [6.45, 7) is 9.89. The van der Waals surface area contributed by atoms with Crippen molar-refractivity contribution in [2.24, 2.45) is 22.7 Å². The molecule has 16 heavy (non-hydrogen) atoms. The molecule has 0 spiro atoms. The third-order valence-corrected chi connectivity index (χ3v) is 6.01. The monoisotopic (exact) mass is 222 g/mol. The average molecular weight is 222 g/mol. The van der Waals surface area contributed by atoms with Crippen molar-refractivity contribution in [3.8, 4) is 0 Å². The van der Waals surface area contributed by atoms with Crippen LogP contribution in [0.25, 0.3) is 0 Å². The lowest BCUT2D eigenvalue weighted by Gasteiger charge is -2.42. The lowest BCUT2D eigenvalue weighted by atomic mass is 9.63. The Morgan fingerprint density at radius 2 is 1.25 bits per heavy atom. The maximum atomic E-state index is 2.55. The van der Waals surface area contributed by atoms with E-state index in [0.717, 1.165) is 11.8 Å². The molecule has 2 unspecified atom stereocenters. The zero-order chi connectivity index (χ0) is 11.8. The van der Waals surface area contributed by atoms with Gasteiger partial charge in [-0.2, -0.15) is 0 Å². The summed E-state index contributed by atoms with van der Waals surface area (Å²) in [5.74, 6) is 2.16. The summed E-state index contributed by atoms with van der Waals surface area (Å²) >= 11 is 0. The lowest BCUT2D eigenvalue weighted by molar-refractivity contribution is 0.0857. The summed E-state index contributed by atoms with van der Waals surface area (Å²) in [5, 5.41) is 0. The summed E-state index contributed by atoms with van der Waals surface area (Å²) in [6, 6.07) is 0. The van der Waals surface area contributed by atoms with Crippen molar-refractivity contribution in [1.82, 2.24) is 0 Å². The number of fused-ring (bicyclic) bond motifs is 1. The Labute approximate surface area is 102 Å². The molecule has 2 saturated carbocycles. The highest BCUT2D eigenvalue weighted by Crippen LogP contribution is 2.52. The summed E-state index contributed by atoms with van der Waals surface area (Å²) in [6.07, 6.45) is 12.0. The van der Waals surface area contributed by atoms with Gasteiger partial charge in [0.25, 0.3) is 0 Å². The zero-order valence-electron chi connectivity index (χ0n) is 11.8. The SMILES string of the molecule is CC(C)(C)C1(C)CCC2CCCCC2CC1. The molecule has 2 fully saturated rings. The standard InChI is InChI=1S/C16H30/c1-15(2,3)16(4)11-9-13-7-5-6-8-14(13)10-12-16/h13-14H,5-12H2,1-4H3. The smallest absolute Gasteiger partial charge is 0.0277 e. The summed E-state index contributed by atoms with van der Waals surface area (Å²) in [7, 11) is 0. The van der Waals surface area contributed by atoms with Crippen LogP contribution >= 0.6 is 0 Å². The van der Waals surface area contributed by atoms with Crippen LogP contribution in [0.1, 0.15) is 79.1 Å². The molecule has 0 aliphatic heterocycles. The first kappa shape index (κ1) is 12.5. The van der Waals surface area contributed by atoms with Crippen molar-refractivity contribution in [3.05, 3.63) is 0 Å². The van der Waals surface area contributed by atoms with Crippen molar-refractivity contribution in [1.29, 1.82) is 0 Å². The normalized spacial score (nSPS) is 41.2. The van der Waals surface area contributed by atoms with Gasteiger partial charge in [-0.3, -0.25) is 0 Å². The van der Waals surface area contributed by atoms with E-state index in [1.54, 1.807) is 0 Å². The summed E-state index contributed by atoms with van der Waals surface area (Å²) in [4.78, 5) is 0. The minimum absolute atomic E-state index is 0.487. The Kier molecular flexibility index (Phi) is 3.39. The first-order valence-electron chi connectivity index (χ1n) is 7.42. The molecule has 0 heteroatoms. The first-order chi connectivity index (χ1) is 7.42. The van der Waals surface area contributed by atoms with Crippen LogP contribution in [-0.4, -0.2) is 0 Å². The van der Waals surface area contributed by atoms with E-state index < -0.39 is 0 Å². The van der Waals surface area contributed by atoms with Crippen LogP contribution in [0.3, 0.4) is 0 Å². The molecule has 0 N–H and O–H groups in total. The number of hydrogen-bond donors (Lipinski definition) is 0. The Morgan fingerprint density at radius 3 is 1.62 bits per heavy atom. The molecule has 0 amide bonds. The average Bonchev–Trinajstić information content (AvgIpc) is 2.39. The maximum absolute atomic E-state index is 2.55. The second-order valence-electron chi connectivity index (χ2n) is 7.69. The Balaban J connectivity index is 2.07. The van der Waals surface area contributed by atoms with Crippen molar-refractivity contribution in [2.45, 2.75) is 79.1 Å². The Bertz CT molecular complexity index is 217. The quantitative estimate of drug-likeness (QED) is 0.513. The fourth-order valence-corrected chi connectivity index (χ4v) is 3.93. The van der Waals surface area contributed by atoms with Crippen LogP contribution in [0.15, 0.2) is 0 Å². The van der Waals surface area contributed by atoms with E-state index >= 15 is 0 Å². The minimum Gasteiger partial charge on any atom is -0.0597 e. The van der Waals surface area contributed by atoms with E-state index in [0.29, 0.717) is 10.8 Å². The molecule has 94 valence electrons. The molecule has 0 aromatic heterocycles. The third kappa shape index (κ3) is 2.31. The van der Waals surface area contributed by atoms with Gasteiger partial charge >= 0.3 is 0 Å². The topological polar surface area (TPSA) is 0 Å². The molecule has 0 nitrogen and oxygen atoms in total. The second kappa shape index (κ2) is 4.35. The van der Waals surface area contributed by atoms with Crippen LogP contribution in [0.5, 0.6) is 0 Å². The molecule has 0 bridgehead atoms. The van der Waals surface area contributed by atoms with Gasteiger partial charge in [-0.25, -0.2) is 0 Å². The Hall–Kier alpha value is 0. The molecule has 0 heterocycles. The van der Waals surface area contributed by atoms with E-state index in [2.05, 4.69) is 27.7 Å². The molecule has 0 saturated heterocycles. The van der Waals surface area contributed by atoms with Gasteiger partial charge in [0.2, 0.25) is 0 Å². The van der Waals surface area contributed by atoms with E-state index in [-0.39, 0.29) is 0 Å². The minimum atomic E-state index is 0.487.